The van der Waals surface area contributed by atoms with Crippen LogP contribution in [0.25, 0.3) is 0 Å². The highest BCUT2D eigenvalue weighted by atomic mass is 16.3. The van der Waals surface area contributed by atoms with Gasteiger partial charge in [0.25, 0.3) is 0 Å². The fourth-order valence-electron chi connectivity index (χ4n) is 5.16. The molecule has 3 aliphatic rings. The number of nitrogens with one attached hydrogen (secondary N) is 1. The molecular formula is C23H31N5O2. The molecule has 0 unspecified atom stereocenters. The number of nitrogens with zero attached hydrogens (tertiary/aromatic N) is 4. The van der Waals surface area contributed by atoms with Crippen LogP contribution in [0.4, 0.5) is 5.95 Å². The Kier molecular flexibility index (Phi) is 5.23. The van der Waals surface area contributed by atoms with Gasteiger partial charge in [-0.1, -0.05) is 0 Å². The van der Waals surface area contributed by atoms with Crippen molar-refractivity contribution in [2.45, 2.75) is 39.2 Å². The Hall–Kier alpha value is -2.41. The van der Waals surface area contributed by atoms with Gasteiger partial charge in [0.1, 0.15) is 11.5 Å². The molecule has 2 aliphatic heterocycles. The number of aryl methyl sites for hydroxylation is 1. The Morgan fingerprint density at radius 1 is 1.27 bits per heavy atom. The summed E-state index contributed by atoms with van der Waals surface area (Å²) in [5.74, 6) is 3.84. The molecule has 0 radical (unpaired) electrons. The standard InChI is InChI=1S/C23H31N5O2/c1-17-4-7-20(30-17)15-27-11-2-8-23(21(29)26-12-18-5-6-18)16-28(14-19(23)13-27)22-24-9-3-10-25-22/h3-4,7,9-10,18-19H,2,5-6,8,11-16H2,1H3,(H,26,29)/t19-,23+/m0/s1. The molecular weight excluding hydrogens is 378 g/mol. The molecule has 1 amide bonds. The van der Waals surface area contributed by atoms with Gasteiger partial charge in [-0.15, -0.1) is 0 Å². The SMILES string of the molecule is Cc1ccc(CN2CCC[C@@]3(C(=O)NCC4CC4)CN(c4ncccn4)C[C@@H]3C2)o1. The van der Waals surface area contributed by atoms with Crippen molar-refractivity contribution in [1.82, 2.24) is 20.2 Å². The van der Waals surface area contributed by atoms with Crippen molar-refractivity contribution >= 4 is 11.9 Å². The zero-order chi connectivity index (χ0) is 20.6. The third-order valence-corrected chi connectivity index (χ3v) is 6.98. The molecule has 2 saturated heterocycles. The molecule has 5 rings (SSSR count). The first-order valence-corrected chi connectivity index (χ1v) is 11.2. The van der Waals surface area contributed by atoms with E-state index < -0.39 is 0 Å². The maximum absolute atomic E-state index is 13.5. The van der Waals surface area contributed by atoms with Gasteiger partial charge in [0.2, 0.25) is 11.9 Å². The summed E-state index contributed by atoms with van der Waals surface area (Å²) in [6.45, 7) is 7.00. The number of carbonyl (C=O) groups is 1. The summed E-state index contributed by atoms with van der Waals surface area (Å²) < 4.78 is 5.82. The molecule has 3 fully saturated rings. The van der Waals surface area contributed by atoms with Crippen molar-refractivity contribution in [2.75, 3.05) is 37.6 Å². The number of likely N-dealkylation sites (tertiary alicyclic amines) is 1. The molecule has 1 aliphatic carbocycles. The predicted octanol–water partition coefficient (Wildman–Crippen LogP) is 2.62. The molecule has 30 heavy (non-hydrogen) atoms. The van der Waals surface area contributed by atoms with Crippen molar-refractivity contribution in [3.05, 3.63) is 42.1 Å². The van der Waals surface area contributed by atoms with Gasteiger partial charge in [0, 0.05) is 44.5 Å². The number of rotatable bonds is 6. The zero-order valence-corrected chi connectivity index (χ0v) is 17.7. The van der Waals surface area contributed by atoms with Gasteiger partial charge in [-0.25, -0.2) is 9.97 Å². The molecule has 0 aromatic carbocycles. The third kappa shape index (κ3) is 3.95. The minimum atomic E-state index is -0.373. The molecule has 2 atom stereocenters. The number of hydrogen-bond acceptors (Lipinski definition) is 6. The van der Waals surface area contributed by atoms with Gasteiger partial charge in [-0.3, -0.25) is 9.69 Å². The number of furan rings is 1. The van der Waals surface area contributed by atoms with Crippen molar-refractivity contribution in [2.24, 2.45) is 17.3 Å². The minimum absolute atomic E-state index is 0.230. The predicted molar refractivity (Wildman–Crippen MR) is 114 cm³/mol. The van der Waals surface area contributed by atoms with Crippen LogP contribution < -0.4 is 10.2 Å². The summed E-state index contributed by atoms with van der Waals surface area (Å²) in [4.78, 5) is 27.1. The van der Waals surface area contributed by atoms with E-state index in [0.29, 0.717) is 12.5 Å². The van der Waals surface area contributed by atoms with E-state index in [-0.39, 0.29) is 17.2 Å². The van der Waals surface area contributed by atoms with Crippen molar-refractivity contribution in [1.29, 1.82) is 0 Å². The van der Waals surface area contributed by atoms with E-state index in [1.807, 2.05) is 19.1 Å². The normalized spacial score (nSPS) is 27.0. The lowest BCUT2D eigenvalue weighted by Gasteiger charge is -2.32. The van der Waals surface area contributed by atoms with Gasteiger partial charge in [0.05, 0.1) is 12.0 Å². The highest BCUT2D eigenvalue weighted by molar-refractivity contribution is 5.84. The first-order chi connectivity index (χ1) is 14.6. The number of fused-ring (bicyclic) bond motifs is 1. The average Bonchev–Trinajstić information content (AvgIpc) is 3.43. The van der Waals surface area contributed by atoms with Crippen molar-refractivity contribution < 1.29 is 9.21 Å². The zero-order valence-electron chi connectivity index (χ0n) is 17.7. The number of anilines is 1. The van der Waals surface area contributed by atoms with E-state index in [2.05, 4.69) is 31.2 Å². The van der Waals surface area contributed by atoms with E-state index in [4.69, 9.17) is 4.42 Å². The Bertz CT molecular complexity index is 881. The Labute approximate surface area is 177 Å². The van der Waals surface area contributed by atoms with Crippen LogP contribution in [0.15, 0.2) is 35.0 Å². The highest BCUT2D eigenvalue weighted by Crippen LogP contribution is 2.44. The van der Waals surface area contributed by atoms with Gasteiger partial charge < -0.3 is 14.6 Å². The van der Waals surface area contributed by atoms with E-state index in [0.717, 1.165) is 63.0 Å². The van der Waals surface area contributed by atoms with Crippen LogP contribution >= 0.6 is 0 Å². The first kappa shape index (κ1) is 19.5. The van der Waals surface area contributed by atoms with Crippen LogP contribution in [0.3, 0.4) is 0 Å². The summed E-state index contributed by atoms with van der Waals surface area (Å²) in [7, 11) is 0. The van der Waals surface area contributed by atoms with Crippen molar-refractivity contribution in [3.8, 4) is 0 Å². The fraction of sp³-hybridized carbons (Fsp3) is 0.609. The van der Waals surface area contributed by atoms with Crippen molar-refractivity contribution in [3.63, 3.8) is 0 Å². The average molecular weight is 410 g/mol. The fourth-order valence-corrected chi connectivity index (χ4v) is 5.16. The number of carbonyl (C=O) groups excluding carboxylic acids is 1. The van der Waals surface area contributed by atoms with Gasteiger partial charge in [-0.2, -0.15) is 0 Å². The summed E-state index contributed by atoms with van der Waals surface area (Å²) in [6.07, 6.45) is 7.97. The molecule has 2 aromatic rings. The van der Waals surface area contributed by atoms with E-state index in [9.17, 15) is 4.79 Å². The van der Waals surface area contributed by atoms with E-state index in [1.54, 1.807) is 12.4 Å². The topological polar surface area (TPSA) is 74.5 Å². The summed E-state index contributed by atoms with van der Waals surface area (Å²) in [6, 6.07) is 5.92. The molecule has 1 saturated carbocycles. The maximum Gasteiger partial charge on any atom is 0.228 e. The van der Waals surface area contributed by atoms with Crippen LogP contribution in [0.1, 0.15) is 37.2 Å². The van der Waals surface area contributed by atoms with Gasteiger partial charge in [-0.05, 0) is 63.3 Å². The highest BCUT2D eigenvalue weighted by Gasteiger charge is 2.53. The van der Waals surface area contributed by atoms with Crippen LogP contribution in [0.5, 0.6) is 0 Å². The Morgan fingerprint density at radius 2 is 2.10 bits per heavy atom. The van der Waals surface area contributed by atoms with E-state index >= 15 is 0 Å². The minimum Gasteiger partial charge on any atom is -0.465 e. The molecule has 2 aromatic heterocycles. The van der Waals surface area contributed by atoms with Crippen LogP contribution in [-0.2, 0) is 11.3 Å². The third-order valence-electron chi connectivity index (χ3n) is 6.98. The lowest BCUT2D eigenvalue weighted by atomic mass is 9.74. The second-order valence-corrected chi connectivity index (χ2v) is 9.29. The Balaban J connectivity index is 1.37. The summed E-state index contributed by atoms with van der Waals surface area (Å²) >= 11 is 0. The first-order valence-electron chi connectivity index (χ1n) is 11.2. The van der Waals surface area contributed by atoms with Crippen LogP contribution in [0.2, 0.25) is 0 Å². The molecule has 0 spiro atoms. The summed E-state index contributed by atoms with van der Waals surface area (Å²) in [5, 5.41) is 3.30. The quantitative estimate of drug-likeness (QED) is 0.791. The molecule has 4 heterocycles. The second-order valence-electron chi connectivity index (χ2n) is 9.29. The van der Waals surface area contributed by atoms with E-state index in [1.165, 1.54) is 12.8 Å². The lowest BCUT2D eigenvalue weighted by Crippen LogP contribution is -2.48. The molecule has 1 N–H and O–H groups in total. The molecule has 0 bridgehead atoms. The number of amides is 1. The molecule has 7 nitrogen and oxygen atoms in total. The molecule has 7 heteroatoms. The smallest absolute Gasteiger partial charge is 0.228 e. The monoisotopic (exact) mass is 409 g/mol. The maximum atomic E-state index is 13.5. The van der Waals surface area contributed by atoms with Crippen LogP contribution in [-0.4, -0.2) is 53.5 Å². The Morgan fingerprint density at radius 3 is 2.83 bits per heavy atom. The lowest BCUT2D eigenvalue weighted by molar-refractivity contribution is -0.132. The van der Waals surface area contributed by atoms with Gasteiger partial charge >= 0.3 is 0 Å². The number of hydrogen-bond donors (Lipinski definition) is 1. The van der Waals surface area contributed by atoms with Crippen LogP contribution in [0, 0.1) is 24.2 Å². The molecule has 160 valence electrons. The summed E-state index contributed by atoms with van der Waals surface area (Å²) in [5.41, 5.74) is -0.373. The number of aromatic nitrogens is 2. The van der Waals surface area contributed by atoms with Gasteiger partial charge in [0.15, 0.2) is 0 Å². The second kappa shape index (κ2) is 8.02. The largest absolute Gasteiger partial charge is 0.465 e.